The molecule has 0 atom stereocenters. The molecule has 0 radical (unpaired) electrons. The third-order valence-electron chi connectivity index (χ3n) is 4.49. The zero-order valence-electron chi connectivity index (χ0n) is 15.3. The van der Waals surface area contributed by atoms with Gasteiger partial charge in [-0.1, -0.05) is 56.8 Å². The van der Waals surface area contributed by atoms with Gasteiger partial charge in [0.15, 0.2) is 17.3 Å². The van der Waals surface area contributed by atoms with Crippen LogP contribution >= 0.6 is 11.8 Å². The fraction of sp³-hybridized carbons (Fsp3) is 0.250. The number of benzene rings is 2. The third-order valence-corrected chi connectivity index (χ3v) is 5.42. The lowest BCUT2D eigenvalue weighted by molar-refractivity contribution is 0.403. The Morgan fingerprint density at radius 3 is 2.30 bits per heavy atom. The van der Waals surface area contributed by atoms with E-state index in [1.165, 1.54) is 29.5 Å². The molecule has 2 heterocycles. The average Bonchev–Trinajstić information content (AvgIpc) is 3.06. The Labute approximate surface area is 161 Å². The number of phenolic OH excluding ortho intramolecular Hbond substituents is 2. The van der Waals surface area contributed by atoms with Crippen LogP contribution in [0.4, 0.5) is 0 Å². The normalized spacial score (nSPS) is 14.0. The van der Waals surface area contributed by atoms with Gasteiger partial charge in [0, 0.05) is 16.9 Å². The van der Waals surface area contributed by atoms with E-state index >= 15 is 0 Å². The highest BCUT2D eigenvalue weighted by molar-refractivity contribution is 7.99. The van der Waals surface area contributed by atoms with Gasteiger partial charge < -0.3 is 10.2 Å². The van der Waals surface area contributed by atoms with Crippen molar-refractivity contribution in [3.8, 4) is 22.9 Å². The van der Waals surface area contributed by atoms with Crippen molar-refractivity contribution in [3.63, 3.8) is 0 Å². The predicted molar refractivity (Wildman–Crippen MR) is 107 cm³/mol. The molecule has 2 aromatic carbocycles. The number of hydrogen-bond acceptors (Lipinski definition) is 6. The Bertz CT molecular complexity index is 1030. The second-order valence-corrected chi connectivity index (χ2v) is 8.43. The molecule has 4 rings (SSSR count). The van der Waals surface area contributed by atoms with Crippen LogP contribution in [-0.2, 0) is 5.41 Å². The summed E-state index contributed by atoms with van der Waals surface area (Å²) >= 11 is 1.54. The topological polar surface area (TPSA) is 83.5 Å². The van der Waals surface area contributed by atoms with Gasteiger partial charge in [-0.15, -0.1) is 10.2 Å². The SMILES string of the molecule is CC(C)(C)c1ccc(-c2nnc3n2N=C(c2ccc(O)c(O)c2)CS3)cc1. The maximum absolute atomic E-state index is 9.77. The standard InChI is InChI=1S/C20H20N4O2S/c1-20(2,3)14-7-4-12(5-8-14)18-21-22-19-24(18)23-15(11-27-19)13-6-9-16(25)17(26)10-13/h4-10,25-26H,11H2,1-3H3. The minimum absolute atomic E-state index is 0.0881. The first-order chi connectivity index (χ1) is 12.8. The molecule has 1 aliphatic heterocycles. The van der Waals surface area contributed by atoms with Gasteiger partial charge in [0.25, 0.3) is 0 Å². The van der Waals surface area contributed by atoms with Crippen molar-refractivity contribution in [1.29, 1.82) is 0 Å². The van der Waals surface area contributed by atoms with Gasteiger partial charge in [-0.2, -0.15) is 9.78 Å². The van der Waals surface area contributed by atoms with Crippen LogP contribution in [0.5, 0.6) is 11.5 Å². The van der Waals surface area contributed by atoms with Crippen molar-refractivity contribution in [2.75, 3.05) is 5.75 Å². The molecule has 138 valence electrons. The lowest BCUT2D eigenvalue weighted by Gasteiger charge is -2.19. The number of nitrogens with zero attached hydrogens (tertiary/aromatic N) is 4. The quantitative estimate of drug-likeness (QED) is 0.656. The first-order valence-corrected chi connectivity index (χ1v) is 9.61. The summed E-state index contributed by atoms with van der Waals surface area (Å²) in [6.45, 7) is 6.55. The average molecular weight is 380 g/mol. The summed E-state index contributed by atoms with van der Waals surface area (Å²) in [6.07, 6.45) is 0. The van der Waals surface area contributed by atoms with E-state index in [-0.39, 0.29) is 16.9 Å². The molecule has 27 heavy (non-hydrogen) atoms. The van der Waals surface area contributed by atoms with Gasteiger partial charge in [0.1, 0.15) is 0 Å². The van der Waals surface area contributed by atoms with E-state index in [9.17, 15) is 10.2 Å². The van der Waals surface area contributed by atoms with Gasteiger partial charge >= 0.3 is 0 Å². The van der Waals surface area contributed by atoms with Gasteiger partial charge in [-0.05, 0) is 29.2 Å². The summed E-state index contributed by atoms with van der Waals surface area (Å²) < 4.78 is 1.74. The van der Waals surface area contributed by atoms with Gasteiger partial charge in [-0.25, -0.2) is 0 Å². The van der Waals surface area contributed by atoms with E-state index < -0.39 is 0 Å². The monoisotopic (exact) mass is 380 g/mol. The molecule has 2 N–H and O–H groups in total. The molecule has 3 aromatic rings. The number of hydrogen-bond donors (Lipinski definition) is 2. The number of rotatable bonds is 2. The summed E-state index contributed by atoms with van der Waals surface area (Å²) in [5, 5.41) is 33.3. The number of thioether (sulfide) groups is 1. The van der Waals surface area contributed by atoms with E-state index in [4.69, 9.17) is 0 Å². The Hall–Kier alpha value is -2.80. The van der Waals surface area contributed by atoms with Gasteiger partial charge in [-0.3, -0.25) is 0 Å². The summed E-state index contributed by atoms with van der Waals surface area (Å²) in [5.74, 6) is 0.990. The first-order valence-electron chi connectivity index (χ1n) is 8.62. The molecule has 1 aromatic heterocycles. The molecule has 0 bridgehead atoms. The molecular weight excluding hydrogens is 360 g/mol. The van der Waals surface area contributed by atoms with Crippen LogP contribution in [0.1, 0.15) is 31.9 Å². The van der Waals surface area contributed by atoms with Crippen molar-refractivity contribution < 1.29 is 10.2 Å². The van der Waals surface area contributed by atoms with E-state index in [1.807, 2.05) is 12.1 Å². The zero-order chi connectivity index (χ0) is 19.2. The molecule has 7 heteroatoms. The molecule has 0 fully saturated rings. The molecule has 1 aliphatic rings. The highest BCUT2D eigenvalue weighted by atomic mass is 32.2. The smallest absolute Gasteiger partial charge is 0.212 e. The van der Waals surface area contributed by atoms with Crippen molar-refractivity contribution >= 4 is 17.5 Å². The number of aromatic hydroxyl groups is 2. The highest BCUT2D eigenvalue weighted by Crippen LogP contribution is 2.32. The van der Waals surface area contributed by atoms with Crippen LogP contribution < -0.4 is 0 Å². The van der Waals surface area contributed by atoms with E-state index in [2.05, 4.69) is 48.2 Å². The number of aromatic nitrogens is 3. The molecule has 6 nitrogen and oxygen atoms in total. The third kappa shape index (κ3) is 3.30. The largest absolute Gasteiger partial charge is 0.504 e. The van der Waals surface area contributed by atoms with E-state index in [0.717, 1.165) is 22.0 Å². The van der Waals surface area contributed by atoms with Crippen LogP contribution in [0.15, 0.2) is 52.7 Å². The maximum Gasteiger partial charge on any atom is 0.212 e. The minimum atomic E-state index is -0.159. The second-order valence-electron chi connectivity index (χ2n) is 7.48. The first kappa shape index (κ1) is 17.6. The van der Waals surface area contributed by atoms with Crippen molar-refractivity contribution in [2.45, 2.75) is 31.3 Å². The van der Waals surface area contributed by atoms with Crippen molar-refractivity contribution in [2.24, 2.45) is 5.10 Å². The lowest BCUT2D eigenvalue weighted by Crippen LogP contribution is -2.14. The zero-order valence-corrected chi connectivity index (χ0v) is 16.2. The Balaban J connectivity index is 1.73. The lowest BCUT2D eigenvalue weighted by atomic mass is 9.87. The fourth-order valence-electron chi connectivity index (χ4n) is 2.87. The Morgan fingerprint density at radius 1 is 0.926 bits per heavy atom. The minimum Gasteiger partial charge on any atom is -0.504 e. The van der Waals surface area contributed by atoms with E-state index in [0.29, 0.717) is 11.6 Å². The maximum atomic E-state index is 9.77. The van der Waals surface area contributed by atoms with Crippen molar-refractivity contribution in [3.05, 3.63) is 53.6 Å². The molecular formula is C20H20N4O2S. The molecule has 0 saturated heterocycles. The Morgan fingerprint density at radius 2 is 1.63 bits per heavy atom. The summed E-state index contributed by atoms with van der Waals surface area (Å²) in [4.78, 5) is 0. The Kier molecular flexibility index (Phi) is 4.19. The fourth-order valence-corrected chi connectivity index (χ4v) is 3.71. The summed E-state index contributed by atoms with van der Waals surface area (Å²) in [5.41, 5.74) is 3.83. The predicted octanol–water partition coefficient (Wildman–Crippen LogP) is 4.01. The number of phenols is 2. The van der Waals surface area contributed by atoms with Crippen LogP contribution in [0.3, 0.4) is 0 Å². The summed E-state index contributed by atoms with van der Waals surface area (Å²) in [7, 11) is 0. The molecule has 0 aliphatic carbocycles. The van der Waals surface area contributed by atoms with E-state index in [1.54, 1.807) is 10.7 Å². The molecule has 0 spiro atoms. The second kappa shape index (κ2) is 6.42. The van der Waals surface area contributed by atoms with Crippen LogP contribution in [-0.4, -0.2) is 36.6 Å². The van der Waals surface area contributed by atoms with Gasteiger partial charge in [0.05, 0.1) is 5.71 Å². The van der Waals surface area contributed by atoms with Crippen LogP contribution in [0, 0.1) is 0 Å². The van der Waals surface area contributed by atoms with Gasteiger partial charge in [0.2, 0.25) is 5.16 Å². The molecule has 0 saturated carbocycles. The number of fused-ring (bicyclic) bond motifs is 1. The molecule has 0 unspecified atom stereocenters. The van der Waals surface area contributed by atoms with Crippen LogP contribution in [0.25, 0.3) is 11.4 Å². The highest BCUT2D eigenvalue weighted by Gasteiger charge is 2.22. The summed E-state index contributed by atoms with van der Waals surface area (Å²) in [6, 6.07) is 13.0. The van der Waals surface area contributed by atoms with Crippen molar-refractivity contribution in [1.82, 2.24) is 14.9 Å². The molecule has 0 amide bonds. The van der Waals surface area contributed by atoms with Crippen LogP contribution in [0.2, 0.25) is 0 Å².